The van der Waals surface area contributed by atoms with Gasteiger partial charge in [0, 0.05) is 140 Å². The highest BCUT2D eigenvalue weighted by Crippen LogP contribution is 2.77. The molecule has 0 spiro atoms. The van der Waals surface area contributed by atoms with Crippen LogP contribution in [0.1, 0.15) is 127 Å². The molecule has 0 aromatic rings. The SMILES string of the molecule is CCC(=O)OCC(COP(C)(=O)OCCNC(=O)OC(C)(C)C)OC(=O)CC.CCC(=O)OCC(COP(C)(=O)OCCNCC(O)(P(=O)(O)O)P(=O)(O)O)OC(=O)CC.CCC(=O)OCC(COP(C)(=O)OCCNCC(O)(P(C)(C)=O)P(=O)(OC)OC)OC(=O)CC.COP(=O)(OC)C(O)(CCCCCCl)P(=O)(OC)OC. The predicted octanol–water partition coefficient (Wildman–Crippen LogP) is 8.22. The molecule has 0 fully saturated rings. The molecule has 10 N–H and O–H groups in total. The molecule has 7 atom stereocenters. The normalized spacial score (nSPS) is 15.4. The van der Waals surface area contributed by atoms with Crippen LogP contribution in [0.2, 0.25) is 0 Å². The molecule has 678 valence electrons. The Balaban J connectivity index is -0.000000719. The van der Waals surface area contributed by atoms with Gasteiger partial charge in [0.15, 0.2) is 18.3 Å². The van der Waals surface area contributed by atoms with Crippen LogP contribution in [0.15, 0.2) is 0 Å². The Morgan fingerprint density at radius 3 is 0.921 bits per heavy atom. The fraction of sp³-hybridized carbons (Fsp3) is 0.881. The van der Waals surface area contributed by atoms with Crippen LogP contribution in [0, 0.1) is 0 Å². The Labute approximate surface area is 671 Å². The first-order valence-electron chi connectivity index (χ1n) is 34.9. The number of hydrogen-bond acceptors (Lipinski definition) is 40. The number of nitrogens with one attached hydrogen (secondary N) is 3. The first-order chi connectivity index (χ1) is 52.3. The monoisotopic (exact) mass is 1860 g/mol. The molecule has 45 nitrogen and oxygen atoms in total. The molecule has 114 heavy (non-hydrogen) atoms. The Kier molecular flexibility index (Phi) is 59.0. The summed E-state index contributed by atoms with van der Waals surface area (Å²) in [5, 5.41) is 30.3. The Hall–Kier alpha value is -2.39. The van der Waals surface area contributed by atoms with E-state index >= 15 is 0 Å². The van der Waals surface area contributed by atoms with Gasteiger partial charge in [-0.1, -0.05) is 48.0 Å². The number of ether oxygens (including phenoxy) is 7. The molecular formula is C59H123ClN3O42P9. The minimum atomic E-state index is -5.61. The summed E-state index contributed by atoms with van der Waals surface area (Å²) in [5.41, 5.74) is -0.625. The van der Waals surface area contributed by atoms with E-state index < -0.39 is 175 Å². The Morgan fingerprint density at radius 1 is 0.386 bits per heavy atom. The molecule has 55 heteroatoms. The van der Waals surface area contributed by atoms with E-state index in [4.69, 9.17) is 119 Å². The van der Waals surface area contributed by atoms with Crippen molar-refractivity contribution in [3.63, 3.8) is 0 Å². The number of alkyl halides is 1. The first-order valence-corrected chi connectivity index (χ1v) is 51.8. The summed E-state index contributed by atoms with van der Waals surface area (Å²) >= 11 is 5.57. The van der Waals surface area contributed by atoms with Crippen LogP contribution in [-0.2, 0) is 157 Å². The van der Waals surface area contributed by atoms with Crippen molar-refractivity contribution in [3.05, 3.63) is 0 Å². The molecule has 0 aromatic carbocycles. The highest BCUT2D eigenvalue weighted by atomic mass is 35.5. The summed E-state index contributed by atoms with van der Waals surface area (Å²) < 4.78 is 205. The third kappa shape index (κ3) is 46.6. The van der Waals surface area contributed by atoms with Crippen LogP contribution in [0.3, 0.4) is 0 Å². The van der Waals surface area contributed by atoms with E-state index in [0.717, 1.165) is 49.3 Å². The second-order valence-corrected chi connectivity index (χ2v) is 46.9. The van der Waals surface area contributed by atoms with E-state index in [2.05, 4.69) is 16.0 Å². The first kappa shape index (κ1) is 118. The fourth-order valence-electron chi connectivity index (χ4n) is 7.66. The van der Waals surface area contributed by atoms with Crippen molar-refractivity contribution >= 4 is 121 Å². The molecule has 0 saturated carbocycles. The average molecular weight is 1860 g/mol. The quantitative estimate of drug-likeness (QED) is 0.00901. The van der Waals surface area contributed by atoms with Crippen LogP contribution in [0.5, 0.6) is 0 Å². The second-order valence-electron chi connectivity index (χ2n) is 24.8. The molecule has 0 bridgehead atoms. The number of unbranched alkanes of at least 4 members (excludes halogenated alkanes) is 2. The number of carbonyl (C=O) groups is 7. The topological polar surface area (TPSA) is 626 Å². The number of alkyl carbamates (subject to hydrolysis) is 1. The van der Waals surface area contributed by atoms with Crippen molar-refractivity contribution in [2.45, 2.75) is 166 Å². The summed E-state index contributed by atoms with van der Waals surface area (Å²) in [6.07, 6.45) is -1.19. The summed E-state index contributed by atoms with van der Waals surface area (Å²) in [6.45, 7) is 16.5. The van der Waals surface area contributed by atoms with Crippen LogP contribution < -0.4 is 16.0 Å². The molecule has 0 aromatic heterocycles. The van der Waals surface area contributed by atoms with Crippen molar-refractivity contribution in [1.29, 1.82) is 0 Å². The van der Waals surface area contributed by atoms with Crippen LogP contribution in [0.25, 0.3) is 0 Å². The maximum absolute atomic E-state index is 12.7. The molecule has 0 rings (SSSR count). The maximum Gasteiger partial charge on any atom is 0.407 e. The van der Waals surface area contributed by atoms with Crippen molar-refractivity contribution in [3.8, 4) is 0 Å². The van der Waals surface area contributed by atoms with E-state index in [1.54, 1.807) is 62.3 Å². The molecular weight excluding hydrogens is 1740 g/mol. The Morgan fingerprint density at radius 2 is 0.667 bits per heavy atom. The lowest BCUT2D eigenvalue weighted by atomic mass is 10.2. The second kappa shape index (κ2) is 57.1. The number of halogens is 1. The number of esters is 6. The van der Waals surface area contributed by atoms with Gasteiger partial charge < -0.3 is 143 Å². The minimum Gasteiger partial charge on any atom is -0.462 e. The van der Waals surface area contributed by atoms with E-state index in [9.17, 15) is 90.0 Å². The van der Waals surface area contributed by atoms with Gasteiger partial charge >= 0.3 is 103 Å². The number of rotatable bonds is 57. The van der Waals surface area contributed by atoms with Crippen LogP contribution in [-0.4, -0.2) is 290 Å². The summed E-state index contributed by atoms with van der Waals surface area (Å²) in [5.74, 6) is -2.68. The van der Waals surface area contributed by atoms with Gasteiger partial charge in [-0.05, 0) is 53.4 Å². The third-order valence-electron chi connectivity index (χ3n) is 14.1. The number of aliphatic hydroxyl groups is 3. The van der Waals surface area contributed by atoms with Crippen LogP contribution >= 0.6 is 79.5 Å². The molecule has 0 heterocycles. The Bertz CT molecular complexity index is 3260. The lowest BCUT2D eigenvalue weighted by molar-refractivity contribution is -0.160. The summed E-state index contributed by atoms with van der Waals surface area (Å²) in [6, 6.07) is 0. The van der Waals surface area contributed by atoms with Gasteiger partial charge in [0.05, 0.1) is 39.6 Å². The highest BCUT2D eigenvalue weighted by Gasteiger charge is 2.64. The molecule has 1 amide bonds. The zero-order valence-corrected chi connectivity index (χ0v) is 77.0. The molecule has 0 aliphatic heterocycles. The molecule has 7 unspecified atom stereocenters. The van der Waals surface area contributed by atoms with E-state index in [1.165, 1.54) is 26.7 Å². The summed E-state index contributed by atoms with van der Waals surface area (Å²) in [7, 11) is -31.2. The van der Waals surface area contributed by atoms with E-state index in [0.29, 0.717) is 25.1 Å². The van der Waals surface area contributed by atoms with Gasteiger partial charge in [-0.3, -0.25) is 65.3 Å². The van der Waals surface area contributed by atoms with Crippen molar-refractivity contribution in [2.24, 2.45) is 0 Å². The zero-order valence-electron chi connectivity index (χ0n) is 68.2. The number of amides is 1. The van der Waals surface area contributed by atoms with Gasteiger partial charge in [-0.15, -0.1) is 11.6 Å². The van der Waals surface area contributed by atoms with E-state index in [1.807, 2.05) is 0 Å². The standard InChI is InChI=1S/C18H38NO12P3.C17H32NO9P.C14H30NO14P3.C10H23ClO7P2/c1-8-16(20)28-12-15(31-17(21)9-2)13-30-33(7,24)29-11-10-19-14-18(22,32(5,6)23)34(25,26-3)27-4;1-7-14(19)23-11-13(26-15(20)8-2)12-25-28(6,22)24-10-9-18-16(21)27-17(3,4)5;1-4-12(16)26-8-11(29-13(17)5-2)9-28-30(3,19)27-7-6-15-10-14(18,31(20,21)22)32(23,24)25;1-15-19(13,16-2)10(12,8-6-5-7-9-11)20(14,17-3)18-4/h15,19,22H,8-14H2,1-7H3;13H,7-12H2,1-6H3,(H,18,21);11,15,18H,4-10H2,1-3H3,(H2,20,21,22)(H2,23,24,25);12H,5-9H2,1-4H3. The van der Waals surface area contributed by atoms with Gasteiger partial charge in [-0.25, -0.2) is 4.79 Å². The largest absolute Gasteiger partial charge is 0.462 e. The van der Waals surface area contributed by atoms with E-state index in [-0.39, 0.29) is 111 Å². The molecule has 0 saturated heterocycles. The average Bonchev–Trinajstić information content (AvgIpc) is 0.891. The zero-order chi connectivity index (χ0) is 89.5. The van der Waals surface area contributed by atoms with Gasteiger partial charge in [-0.2, -0.15) is 0 Å². The van der Waals surface area contributed by atoms with Gasteiger partial charge in [0.2, 0.25) is 5.08 Å². The third-order valence-corrected chi connectivity index (χ3v) is 33.6. The van der Waals surface area contributed by atoms with Crippen molar-refractivity contribution in [1.82, 2.24) is 16.0 Å². The number of carbonyl (C=O) groups excluding carboxylic acids is 7. The molecule has 0 radical (unpaired) electrons. The van der Waals surface area contributed by atoms with Gasteiger partial charge in [0.1, 0.15) is 32.6 Å². The van der Waals surface area contributed by atoms with Crippen LogP contribution in [0.4, 0.5) is 4.79 Å². The van der Waals surface area contributed by atoms with Crippen molar-refractivity contribution in [2.75, 3.05) is 174 Å². The predicted molar refractivity (Wildman–Crippen MR) is 413 cm³/mol. The molecule has 0 aliphatic rings. The van der Waals surface area contributed by atoms with Gasteiger partial charge in [0.25, 0.3) is 10.2 Å². The summed E-state index contributed by atoms with van der Waals surface area (Å²) in [4.78, 5) is 116. The fourth-order valence-corrected chi connectivity index (χ4v) is 21.5. The minimum absolute atomic E-state index is 0.0132. The smallest absolute Gasteiger partial charge is 0.407 e. The van der Waals surface area contributed by atoms with Crippen molar-refractivity contribution < 1.29 is 197 Å². The molecule has 0 aliphatic carbocycles. The maximum atomic E-state index is 12.7. The lowest BCUT2D eigenvalue weighted by Gasteiger charge is -2.36. The lowest BCUT2D eigenvalue weighted by Crippen LogP contribution is -2.41. The highest BCUT2D eigenvalue weighted by molar-refractivity contribution is 7.78. The number of hydrogen-bond donors (Lipinski definition) is 10.